The number of hydrogen-bond acceptors (Lipinski definition) is 3. The van der Waals surface area contributed by atoms with Gasteiger partial charge in [0.25, 0.3) is 0 Å². The van der Waals surface area contributed by atoms with Crippen LogP contribution in [0.25, 0.3) is 0 Å². The number of aliphatic carboxylic acids is 1. The maximum Gasteiger partial charge on any atom is 0.310 e. The number of carboxylic acids is 1. The predicted octanol–water partition coefficient (Wildman–Crippen LogP) is -0.600. The third-order valence-electron chi connectivity index (χ3n) is 1.98. The lowest BCUT2D eigenvalue weighted by molar-refractivity contribution is -0.142. The van der Waals surface area contributed by atoms with Crippen LogP contribution in [-0.2, 0) is 14.8 Å². The molecule has 0 bridgehead atoms. The molecule has 0 unspecified atom stereocenters. The van der Waals surface area contributed by atoms with Crippen LogP contribution in [0.2, 0.25) is 0 Å². The summed E-state index contributed by atoms with van der Waals surface area (Å²) in [6.07, 6.45) is 2.14. The van der Waals surface area contributed by atoms with Gasteiger partial charge in [0.2, 0.25) is 10.0 Å². The fourth-order valence-corrected chi connectivity index (χ4v) is 1.42. The van der Waals surface area contributed by atoms with Crippen molar-refractivity contribution in [2.45, 2.75) is 12.8 Å². The van der Waals surface area contributed by atoms with Crippen molar-refractivity contribution in [3.05, 3.63) is 0 Å². The quantitative estimate of drug-likeness (QED) is 0.624. The molecule has 70 valence electrons. The summed E-state index contributed by atoms with van der Waals surface area (Å²) in [5.74, 6) is -0.918. The fraction of sp³-hybridized carbons (Fsp3) is 0.833. The largest absolute Gasteiger partial charge is 0.481 e. The number of carbonyl (C=O) groups is 1. The minimum absolute atomic E-state index is 0.0150. The summed E-state index contributed by atoms with van der Waals surface area (Å²) in [4.78, 5) is 10.6. The molecule has 12 heavy (non-hydrogen) atoms. The average Bonchev–Trinajstić information content (AvgIpc) is 2.61. The molecule has 6 heteroatoms. The lowest BCUT2D eigenvalue weighted by Crippen LogP contribution is -2.33. The molecule has 0 aromatic rings. The Hall–Kier alpha value is -0.620. The maximum atomic E-state index is 10.6. The van der Waals surface area contributed by atoms with Gasteiger partial charge in [-0.05, 0) is 12.8 Å². The maximum absolute atomic E-state index is 10.6. The number of nitrogens with one attached hydrogen (secondary N) is 1. The standard InChI is InChI=1S/C6H11NO4S/c1-12(10,11)7-4-6(2-3-6)5(8)9/h7H,2-4H2,1H3,(H,8,9). The molecule has 1 aliphatic rings. The Bertz CT molecular complexity index is 291. The molecule has 0 spiro atoms. The SMILES string of the molecule is CS(=O)(=O)NCC1(C(=O)O)CC1. The van der Waals surface area contributed by atoms with Crippen LogP contribution in [0.1, 0.15) is 12.8 Å². The van der Waals surface area contributed by atoms with Crippen LogP contribution in [0.3, 0.4) is 0 Å². The molecule has 0 saturated heterocycles. The summed E-state index contributed by atoms with van der Waals surface area (Å²) in [5.41, 5.74) is -0.816. The van der Waals surface area contributed by atoms with Crippen molar-refractivity contribution in [1.82, 2.24) is 4.72 Å². The highest BCUT2D eigenvalue weighted by Gasteiger charge is 2.50. The number of carboxylic acid groups (broad SMARTS) is 1. The number of rotatable bonds is 4. The van der Waals surface area contributed by atoms with Gasteiger partial charge >= 0.3 is 5.97 Å². The lowest BCUT2D eigenvalue weighted by atomic mass is 10.1. The summed E-state index contributed by atoms with van der Waals surface area (Å²) in [7, 11) is -3.26. The van der Waals surface area contributed by atoms with Crippen molar-refractivity contribution in [3.8, 4) is 0 Å². The molecule has 0 aliphatic heterocycles. The van der Waals surface area contributed by atoms with Crippen molar-refractivity contribution in [2.24, 2.45) is 5.41 Å². The Morgan fingerprint density at radius 2 is 2.08 bits per heavy atom. The summed E-state index contributed by atoms with van der Waals surface area (Å²) >= 11 is 0. The van der Waals surface area contributed by atoms with Crippen molar-refractivity contribution in [3.63, 3.8) is 0 Å². The summed E-state index contributed by atoms with van der Waals surface area (Å²) < 4.78 is 23.4. The van der Waals surface area contributed by atoms with E-state index in [0.29, 0.717) is 12.8 Å². The molecule has 2 N–H and O–H groups in total. The molecular weight excluding hydrogens is 182 g/mol. The Morgan fingerprint density at radius 3 is 2.33 bits per heavy atom. The van der Waals surface area contributed by atoms with Crippen LogP contribution < -0.4 is 4.72 Å². The smallest absolute Gasteiger partial charge is 0.310 e. The summed E-state index contributed by atoms with van der Waals surface area (Å²) in [6.45, 7) is 0.0150. The Morgan fingerprint density at radius 1 is 1.58 bits per heavy atom. The van der Waals surface area contributed by atoms with E-state index in [9.17, 15) is 13.2 Å². The average molecular weight is 193 g/mol. The first kappa shape index (κ1) is 9.47. The van der Waals surface area contributed by atoms with Crippen LogP contribution in [-0.4, -0.2) is 32.3 Å². The normalized spacial score (nSPS) is 20.4. The van der Waals surface area contributed by atoms with Crippen LogP contribution in [0, 0.1) is 5.41 Å². The third kappa shape index (κ3) is 2.18. The molecule has 1 aliphatic carbocycles. The van der Waals surface area contributed by atoms with Gasteiger partial charge in [-0.15, -0.1) is 0 Å². The van der Waals surface area contributed by atoms with E-state index in [0.717, 1.165) is 6.26 Å². The molecule has 1 fully saturated rings. The monoisotopic (exact) mass is 193 g/mol. The topological polar surface area (TPSA) is 83.5 Å². The van der Waals surface area contributed by atoms with Crippen LogP contribution in [0.5, 0.6) is 0 Å². The van der Waals surface area contributed by atoms with E-state index in [1.54, 1.807) is 0 Å². The zero-order valence-electron chi connectivity index (χ0n) is 6.70. The minimum Gasteiger partial charge on any atom is -0.481 e. The number of hydrogen-bond donors (Lipinski definition) is 2. The van der Waals surface area contributed by atoms with Crippen LogP contribution >= 0.6 is 0 Å². The first-order valence-corrected chi connectivity index (χ1v) is 5.43. The van der Waals surface area contributed by atoms with E-state index in [-0.39, 0.29) is 6.54 Å². The van der Waals surface area contributed by atoms with E-state index in [4.69, 9.17) is 5.11 Å². The van der Waals surface area contributed by atoms with Gasteiger partial charge in [0, 0.05) is 6.54 Å². The third-order valence-corrected chi connectivity index (χ3v) is 2.65. The van der Waals surface area contributed by atoms with Gasteiger partial charge in [-0.25, -0.2) is 13.1 Å². The molecule has 1 rings (SSSR count). The Balaban J connectivity index is 2.48. The highest BCUT2D eigenvalue weighted by molar-refractivity contribution is 7.88. The fourth-order valence-electron chi connectivity index (χ4n) is 0.886. The Labute approximate surface area is 70.8 Å². The summed E-state index contributed by atoms with van der Waals surface area (Å²) in [6, 6.07) is 0. The van der Waals surface area contributed by atoms with Crippen molar-refractivity contribution < 1.29 is 18.3 Å². The summed E-state index contributed by atoms with van der Waals surface area (Å²) in [5, 5.41) is 8.67. The zero-order chi connectivity index (χ0) is 9.41. The molecular formula is C6H11NO4S. The van der Waals surface area contributed by atoms with E-state index in [1.165, 1.54) is 0 Å². The molecule has 0 aromatic heterocycles. The van der Waals surface area contributed by atoms with E-state index in [1.807, 2.05) is 0 Å². The van der Waals surface area contributed by atoms with Crippen molar-refractivity contribution >= 4 is 16.0 Å². The molecule has 0 amide bonds. The molecule has 0 aromatic carbocycles. The van der Waals surface area contributed by atoms with Gasteiger partial charge in [0.05, 0.1) is 11.7 Å². The van der Waals surface area contributed by atoms with E-state index in [2.05, 4.69) is 4.72 Å². The van der Waals surface area contributed by atoms with Gasteiger partial charge in [-0.2, -0.15) is 0 Å². The second-order valence-electron chi connectivity index (χ2n) is 3.18. The second-order valence-corrected chi connectivity index (χ2v) is 5.01. The Kier molecular flexibility index (Phi) is 2.13. The second kappa shape index (κ2) is 2.70. The lowest BCUT2D eigenvalue weighted by Gasteiger charge is -2.08. The van der Waals surface area contributed by atoms with Crippen molar-refractivity contribution in [1.29, 1.82) is 0 Å². The molecule has 1 saturated carbocycles. The number of sulfonamides is 1. The highest BCUT2D eigenvalue weighted by atomic mass is 32.2. The van der Waals surface area contributed by atoms with E-state index < -0.39 is 21.4 Å². The molecule has 0 heterocycles. The molecule has 0 atom stereocenters. The van der Waals surface area contributed by atoms with Crippen molar-refractivity contribution in [2.75, 3.05) is 12.8 Å². The molecule has 0 radical (unpaired) electrons. The first-order chi connectivity index (χ1) is 5.36. The van der Waals surface area contributed by atoms with Gasteiger partial charge in [0.1, 0.15) is 0 Å². The van der Waals surface area contributed by atoms with Crippen LogP contribution in [0.15, 0.2) is 0 Å². The first-order valence-electron chi connectivity index (χ1n) is 3.54. The van der Waals surface area contributed by atoms with Gasteiger partial charge in [-0.1, -0.05) is 0 Å². The molecule has 5 nitrogen and oxygen atoms in total. The zero-order valence-corrected chi connectivity index (χ0v) is 7.52. The van der Waals surface area contributed by atoms with Gasteiger partial charge < -0.3 is 5.11 Å². The predicted molar refractivity (Wildman–Crippen MR) is 42.1 cm³/mol. The van der Waals surface area contributed by atoms with Crippen LogP contribution in [0.4, 0.5) is 0 Å². The van der Waals surface area contributed by atoms with E-state index >= 15 is 0 Å². The highest BCUT2D eigenvalue weighted by Crippen LogP contribution is 2.45. The minimum atomic E-state index is -3.26. The van der Waals surface area contributed by atoms with Gasteiger partial charge in [0.15, 0.2) is 0 Å². The van der Waals surface area contributed by atoms with Gasteiger partial charge in [-0.3, -0.25) is 4.79 Å².